The molecule has 0 saturated heterocycles. The molecule has 0 aromatic carbocycles. The lowest BCUT2D eigenvalue weighted by Gasteiger charge is -2.09. The van der Waals surface area contributed by atoms with E-state index in [1.807, 2.05) is 0 Å². The van der Waals surface area contributed by atoms with Gasteiger partial charge in [-0.15, -0.1) is 0 Å². The molecule has 1 aromatic rings. The summed E-state index contributed by atoms with van der Waals surface area (Å²) < 4.78 is 36.4. The smallest absolute Gasteiger partial charge is 0.248 e. The van der Waals surface area contributed by atoms with E-state index in [0.29, 0.717) is 0 Å². The molecule has 1 heterocycles. The molecule has 0 unspecified atom stereocenters. The number of halogens is 3. The summed E-state index contributed by atoms with van der Waals surface area (Å²) in [7, 11) is 0. The number of aryl methyl sites for hydroxylation is 1. The Balaban J connectivity index is 3.29. The van der Waals surface area contributed by atoms with Crippen molar-refractivity contribution in [3.8, 4) is 0 Å². The average Bonchev–Trinajstić information content (AvgIpc) is 1.97. The van der Waals surface area contributed by atoms with E-state index in [2.05, 4.69) is 4.98 Å². The molecule has 4 heteroatoms. The van der Waals surface area contributed by atoms with Gasteiger partial charge in [-0.2, -0.15) is 13.2 Å². The van der Waals surface area contributed by atoms with Crippen LogP contribution >= 0.6 is 0 Å². The predicted molar refractivity (Wildman–Crippen MR) is 40.8 cm³/mol. The summed E-state index contributed by atoms with van der Waals surface area (Å²) in [6.45, 7) is 12.0. The van der Waals surface area contributed by atoms with Crippen LogP contribution in [0.1, 0.15) is 22.5 Å². The molecule has 0 aliphatic carbocycles. The summed E-state index contributed by atoms with van der Waals surface area (Å²) >= 11 is 0. The number of pyridine rings is 1. The second kappa shape index (κ2) is 3.01. The van der Waals surface area contributed by atoms with Gasteiger partial charge >= 0.3 is 6.18 Å². The number of alkyl halides is 3. The molecule has 1 nitrogen and oxygen atoms in total. The summed E-state index contributed by atoms with van der Waals surface area (Å²) in [4.78, 5) is 3.13. The van der Waals surface area contributed by atoms with Crippen LogP contribution in [0.2, 0.25) is 0 Å². The monoisotopic (exact) mass is 185 g/mol. The van der Waals surface area contributed by atoms with Crippen molar-refractivity contribution >= 4 is 0 Å². The van der Waals surface area contributed by atoms with Crippen LogP contribution in [-0.4, -0.2) is 4.98 Å². The largest absolute Gasteiger partial charge is 0.433 e. The molecule has 0 fully saturated rings. The highest BCUT2D eigenvalue weighted by Gasteiger charge is 2.33. The van der Waals surface area contributed by atoms with Crippen molar-refractivity contribution < 1.29 is 13.2 Å². The van der Waals surface area contributed by atoms with Crippen LogP contribution in [0.25, 0.3) is 0 Å². The number of hydrogen-bond acceptors (Lipinski definition) is 1. The molecule has 0 amide bonds. The Hall–Kier alpha value is -1.06. The van der Waals surface area contributed by atoms with Crippen LogP contribution in [0, 0.1) is 20.8 Å². The highest BCUT2D eigenvalue weighted by molar-refractivity contribution is 5.36. The van der Waals surface area contributed by atoms with E-state index in [0.717, 1.165) is 6.07 Å². The van der Waals surface area contributed by atoms with Gasteiger partial charge in [0, 0.05) is 19.5 Å². The summed E-state index contributed by atoms with van der Waals surface area (Å²) in [5, 5.41) is 0. The maximum absolute atomic E-state index is 12.1. The quantitative estimate of drug-likeness (QED) is 0.605. The number of rotatable bonds is 0. The van der Waals surface area contributed by atoms with Crippen LogP contribution in [0.15, 0.2) is 6.07 Å². The first-order valence-electron chi connectivity index (χ1n) is 3.42. The van der Waals surface area contributed by atoms with E-state index in [-0.39, 0.29) is 16.8 Å². The first kappa shape index (κ1) is 10.0. The zero-order valence-corrected chi connectivity index (χ0v) is 6.81. The second-order valence-electron chi connectivity index (χ2n) is 2.62. The van der Waals surface area contributed by atoms with E-state index in [1.54, 1.807) is 0 Å². The van der Waals surface area contributed by atoms with Crippen molar-refractivity contribution in [1.29, 1.82) is 0 Å². The van der Waals surface area contributed by atoms with Crippen molar-refractivity contribution in [2.75, 3.05) is 0 Å². The second-order valence-corrected chi connectivity index (χ2v) is 2.62. The van der Waals surface area contributed by atoms with Crippen molar-refractivity contribution in [1.82, 2.24) is 4.98 Å². The Morgan fingerprint density at radius 2 is 1.85 bits per heavy atom. The SMILES string of the molecule is [CH]c1nc(C(F)(F)F)cc(C)c1[CH]. The van der Waals surface area contributed by atoms with Crippen LogP contribution in [0.5, 0.6) is 0 Å². The highest BCUT2D eigenvalue weighted by atomic mass is 19.4. The van der Waals surface area contributed by atoms with Gasteiger partial charge in [0.25, 0.3) is 0 Å². The van der Waals surface area contributed by atoms with Gasteiger partial charge in [-0.05, 0) is 24.1 Å². The molecule has 0 bridgehead atoms. The standard InChI is InChI=1S/C9H6F3N/c1-5-4-8(9(10,11)12)13-7(3)6(5)2/h2-4H,1H3. The summed E-state index contributed by atoms with van der Waals surface area (Å²) in [5.74, 6) is 0. The Bertz CT molecular complexity index is 305. The van der Waals surface area contributed by atoms with E-state index >= 15 is 0 Å². The van der Waals surface area contributed by atoms with Crippen LogP contribution < -0.4 is 0 Å². The Kier molecular flexibility index (Phi) is 2.32. The van der Waals surface area contributed by atoms with Crippen molar-refractivity contribution in [3.05, 3.63) is 42.4 Å². The molecule has 1 aromatic heterocycles. The fourth-order valence-electron chi connectivity index (χ4n) is 0.852. The maximum atomic E-state index is 12.1. The van der Waals surface area contributed by atoms with E-state index in [1.165, 1.54) is 6.92 Å². The lowest BCUT2D eigenvalue weighted by molar-refractivity contribution is -0.141. The molecule has 68 valence electrons. The lowest BCUT2D eigenvalue weighted by Crippen LogP contribution is -2.10. The summed E-state index contributed by atoms with van der Waals surface area (Å²) in [6, 6.07) is 0.867. The number of hydrogen-bond donors (Lipinski definition) is 0. The number of nitrogens with zero attached hydrogens (tertiary/aromatic N) is 1. The van der Waals surface area contributed by atoms with E-state index < -0.39 is 11.9 Å². The minimum Gasteiger partial charge on any atom is -0.248 e. The molecule has 0 spiro atoms. The van der Waals surface area contributed by atoms with Gasteiger partial charge in [0.2, 0.25) is 0 Å². The first-order chi connectivity index (χ1) is 5.82. The summed E-state index contributed by atoms with van der Waals surface area (Å²) in [5.41, 5.74) is -0.933. The minimum atomic E-state index is -4.48. The molecule has 0 aliphatic rings. The third-order valence-electron chi connectivity index (χ3n) is 1.59. The Morgan fingerprint density at radius 3 is 2.23 bits per heavy atom. The van der Waals surface area contributed by atoms with Crippen molar-refractivity contribution in [2.45, 2.75) is 13.1 Å². The molecule has 0 aliphatic heterocycles. The van der Waals surface area contributed by atoms with Crippen LogP contribution in [0.4, 0.5) is 13.2 Å². The molecule has 4 radical (unpaired) electrons. The Morgan fingerprint density at radius 1 is 1.31 bits per heavy atom. The van der Waals surface area contributed by atoms with Gasteiger partial charge in [0.15, 0.2) is 0 Å². The molecular weight excluding hydrogens is 179 g/mol. The lowest BCUT2D eigenvalue weighted by atomic mass is 10.1. The molecule has 1 rings (SSSR count). The maximum Gasteiger partial charge on any atom is 0.433 e. The molecule has 0 atom stereocenters. The van der Waals surface area contributed by atoms with Crippen LogP contribution in [-0.2, 0) is 6.18 Å². The van der Waals surface area contributed by atoms with Gasteiger partial charge in [-0.25, -0.2) is 4.98 Å². The number of aromatic nitrogens is 1. The Labute approximate surface area is 74.6 Å². The zero-order chi connectivity index (χ0) is 10.2. The first-order valence-corrected chi connectivity index (χ1v) is 3.42. The zero-order valence-electron chi connectivity index (χ0n) is 6.81. The fraction of sp³-hybridized carbons (Fsp3) is 0.222. The van der Waals surface area contributed by atoms with Gasteiger partial charge < -0.3 is 0 Å². The fourth-order valence-corrected chi connectivity index (χ4v) is 0.852. The molecular formula is C9H6F3N. The van der Waals surface area contributed by atoms with E-state index in [4.69, 9.17) is 13.8 Å². The third-order valence-corrected chi connectivity index (χ3v) is 1.59. The van der Waals surface area contributed by atoms with Crippen molar-refractivity contribution in [2.24, 2.45) is 0 Å². The predicted octanol–water partition coefficient (Wildman–Crippen LogP) is 2.53. The van der Waals surface area contributed by atoms with Crippen molar-refractivity contribution in [3.63, 3.8) is 0 Å². The molecule has 13 heavy (non-hydrogen) atoms. The minimum absolute atomic E-state index is 0.0907. The third kappa shape index (κ3) is 1.99. The van der Waals surface area contributed by atoms with Gasteiger partial charge in [0.05, 0.1) is 0 Å². The molecule has 0 N–H and O–H groups in total. The average molecular weight is 185 g/mol. The topological polar surface area (TPSA) is 12.9 Å². The summed E-state index contributed by atoms with van der Waals surface area (Å²) in [6.07, 6.45) is -4.48. The molecule has 0 saturated carbocycles. The van der Waals surface area contributed by atoms with Crippen LogP contribution in [0.3, 0.4) is 0 Å². The highest BCUT2D eigenvalue weighted by Crippen LogP contribution is 2.29. The van der Waals surface area contributed by atoms with Gasteiger partial charge in [-0.1, -0.05) is 0 Å². The van der Waals surface area contributed by atoms with Gasteiger partial charge in [-0.3, -0.25) is 0 Å². The normalized spacial score (nSPS) is 11.8. The van der Waals surface area contributed by atoms with E-state index in [9.17, 15) is 13.2 Å². The van der Waals surface area contributed by atoms with Gasteiger partial charge in [0.1, 0.15) is 5.69 Å².